The van der Waals surface area contributed by atoms with Gasteiger partial charge in [0.05, 0.1) is 7.44 Å². The molecule has 2 radical (unpaired) electrons. The minimum atomic E-state index is -1.13. The largest absolute Gasteiger partial charge is 0.0758 e. The van der Waals surface area contributed by atoms with E-state index in [1.54, 1.807) is 0 Å². The Bertz CT molecular complexity index is 37.3. The van der Waals surface area contributed by atoms with Gasteiger partial charge in [-0.3, -0.25) is 0 Å². The molecular formula is C4H11BSi. The molecule has 0 aliphatic heterocycles. The zero-order valence-corrected chi connectivity index (χ0v) is 5.78. The van der Waals surface area contributed by atoms with Gasteiger partial charge in [0.2, 0.25) is 0 Å². The first kappa shape index (κ1) is 6.28. The molecule has 0 aliphatic carbocycles. The van der Waals surface area contributed by atoms with Crippen LogP contribution in [0.3, 0.4) is 0 Å². The summed E-state index contributed by atoms with van der Waals surface area (Å²) >= 11 is 0. The molecule has 0 atom stereocenters. The molecule has 0 aromatic carbocycles. The molecule has 0 fully saturated rings. The Balaban J connectivity index is 3.17. The summed E-state index contributed by atoms with van der Waals surface area (Å²) in [5.74, 6) is 0. The maximum absolute atomic E-state index is 5.67. The van der Waals surface area contributed by atoms with E-state index in [2.05, 4.69) is 20.0 Å². The third kappa shape index (κ3) is 4.28. The minimum absolute atomic E-state index is 1.13. The summed E-state index contributed by atoms with van der Waals surface area (Å²) < 4.78 is 0. The Morgan fingerprint density at radius 1 is 1.50 bits per heavy atom. The predicted octanol–water partition coefficient (Wildman–Crippen LogP) is 1.38. The van der Waals surface area contributed by atoms with E-state index in [9.17, 15) is 0 Å². The van der Waals surface area contributed by atoms with E-state index in [0.29, 0.717) is 0 Å². The summed E-state index contributed by atoms with van der Waals surface area (Å²) in [6, 6.07) is 1.19. The van der Waals surface area contributed by atoms with E-state index in [4.69, 9.17) is 7.44 Å². The first-order chi connectivity index (χ1) is 2.56. The van der Waals surface area contributed by atoms with Gasteiger partial charge in [-0.15, -0.1) is 0 Å². The van der Waals surface area contributed by atoms with Crippen molar-refractivity contribution in [1.82, 2.24) is 0 Å². The first-order valence-corrected chi connectivity index (χ1v) is 5.63. The van der Waals surface area contributed by atoms with E-state index < -0.39 is 7.94 Å². The van der Waals surface area contributed by atoms with Gasteiger partial charge in [-0.25, -0.2) is 0 Å². The number of rotatable bonds is 1. The monoisotopic (exact) mass is 98.1 g/mol. The van der Waals surface area contributed by atoms with Crippen LogP contribution in [0, 0.1) is 0 Å². The highest BCUT2D eigenvalue weighted by Gasteiger charge is 2.05. The molecule has 0 heterocycles. The van der Waals surface area contributed by atoms with Crippen LogP contribution in [0.2, 0.25) is 19.1 Å². The van der Waals surface area contributed by atoms with Crippen LogP contribution in [0.5, 0.6) is 0 Å². The van der Waals surface area contributed by atoms with Crippen LogP contribution in [0.1, 0.15) is 6.92 Å². The van der Waals surface area contributed by atoms with Crippen LogP contribution in [-0.4, -0.2) is 15.4 Å². The summed E-state index contributed by atoms with van der Waals surface area (Å²) in [5.41, 5.74) is 0. The minimum Gasteiger partial charge on any atom is -0.0758 e. The summed E-state index contributed by atoms with van der Waals surface area (Å²) in [7, 11) is 4.54. The second-order valence-electron chi connectivity index (χ2n) is 2.34. The van der Waals surface area contributed by atoms with Crippen molar-refractivity contribution in [2.45, 2.75) is 26.1 Å². The number of hydrogen-bond acceptors (Lipinski definition) is 0. The third-order valence-electron chi connectivity index (χ3n) is 0.911. The van der Waals surface area contributed by atoms with Crippen molar-refractivity contribution >= 4 is 15.4 Å². The number of hydrogen-bond donors (Lipinski definition) is 0. The molecule has 0 aromatic rings. The molecule has 0 saturated carbocycles. The van der Waals surface area contributed by atoms with Gasteiger partial charge < -0.3 is 0 Å². The van der Waals surface area contributed by atoms with Crippen LogP contribution in [-0.2, 0) is 0 Å². The van der Waals surface area contributed by atoms with Crippen molar-refractivity contribution in [1.29, 1.82) is 0 Å². The van der Waals surface area contributed by atoms with Crippen molar-refractivity contribution < 1.29 is 0 Å². The van der Waals surface area contributed by atoms with Gasteiger partial charge in [0, 0.05) is 7.94 Å². The van der Waals surface area contributed by atoms with Crippen LogP contribution >= 0.6 is 0 Å². The van der Waals surface area contributed by atoms with Crippen molar-refractivity contribution in [3.63, 3.8) is 0 Å². The highest BCUT2D eigenvalue weighted by atomic mass is 28.3. The van der Waals surface area contributed by atoms with Crippen LogP contribution in [0.4, 0.5) is 0 Å². The fourth-order valence-electron chi connectivity index (χ4n) is 0. The third-order valence-corrected chi connectivity index (χ3v) is 2.73. The molecular weight excluding hydrogens is 86.9 g/mol. The highest BCUT2D eigenvalue weighted by Crippen LogP contribution is 1.99. The summed E-state index contributed by atoms with van der Waals surface area (Å²) in [4.78, 5) is 0. The van der Waals surface area contributed by atoms with E-state index in [1.165, 1.54) is 6.04 Å². The smallest absolute Gasteiger partial charge is 0.0565 e. The lowest BCUT2D eigenvalue weighted by Gasteiger charge is -2.10. The van der Waals surface area contributed by atoms with E-state index >= 15 is 0 Å². The molecule has 0 nitrogen and oxygen atoms in total. The average molecular weight is 98.0 g/mol. The fourth-order valence-corrected chi connectivity index (χ4v) is 0. The summed E-state index contributed by atoms with van der Waals surface area (Å²) in [6.45, 7) is 6.46. The SMILES string of the molecule is [B][Si](C)(C)CC. The van der Waals surface area contributed by atoms with Gasteiger partial charge in [-0.1, -0.05) is 26.1 Å². The van der Waals surface area contributed by atoms with Crippen LogP contribution in [0.25, 0.3) is 0 Å². The highest BCUT2D eigenvalue weighted by molar-refractivity contribution is 7.15. The maximum atomic E-state index is 5.67. The zero-order valence-electron chi connectivity index (χ0n) is 4.78. The topological polar surface area (TPSA) is 0 Å². The lowest BCUT2D eigenvalue weighted by Crippen LogP contribution is -2.23. The van der Waals surface area contributed by atoms with Gasteiger partial charge in [0.25, 0.3) is 0 Å². The molecule has 0 spiro atoms. The maximum Gasteiger partial charge on any atom is 0.0565 e. The molecule has 2 heteroatoms. The average Bonchev–Trinajstić information content (AvgIpc) is 1.35. The molecule has 0 aliphatic rings. The Morgan fingerprint density at radius 2 is 1.67 bits per heavy atom. The lowest BCUT2D eigenvalue weighted by molar-refractivity contribution is 1.40. The molecule has 0 saturated heterocycles. The van der Waals surface area contributed by atoms with E-state index in [-0.39, 0.29) is 0 Å². The Hall–Kier alpha value is 0.282. The van der Waals surface area contributed by atoms with Gasteiger partial charge in [0.1, 0.15) is 0 Å². The van der Waals surface area contributed by atoms with E-state index in [1.807, 2.05) is 0 Å². The van der Waals surface area contributed by atoms with Crippen molar-refractivity contribution in [2.24, 2.45) is 0 Å². The van der Waals surface area contributed by atoms with Crippen molar-refractivity contribution in [2.75, 3.05) is 0 Å². The Morgan fingerprint density at radius 3 is 1.67 bits per heavy atom. The molecule has 0 rings (SSSR count). The molecule has 0 bridgehead atoms. The lowest BCUT2D eigenvalue weighted by atomic mass is 10.7. The molecule has 0 unspecified atom stereocenters. The summed E-state index contributed by atoms with van der Waals surface area (Å²) in [5, 5.41) is 0. The molecule has 34 valence electrons. The molecule has 6 heavy (non-hydrogen) atoms. The Labute approximate surface area is 42.3 Å². The molecule has 0 N–H and O–H groups in total. The normalized spacial score (nSPS) is 11.8. The second-order valence-corrected chi connectivity index (χ2v) is 7.03. The zero-order chi connectivity index (χ0) is 5.21. The second kappa shape index (κ2) is 1.83. The predicted molar refractivity (Wildman–Crippen MR) is 33.7 cm³/mol. The fraction of sp³-hybridized carbons (Fsp3) is 1.00. The standard InChI is InChI=1S/C4H11BSi/c1-4-6(2,3)5/h4H2,1-3H3. The van der Waals surface area contributed by atoms with Crippen LogP contribution < -0.4 is 0 Å². The molecule has 0 amide bonds. The van der Waals surface area contributed by atoms with Gasteiger partial charge in [-0.05, 0) is 0 Å². The molecule has 0 aromatic heterocycles. The van der Waals surface area contributed by atoms with E-state index in [0.717, 1.165) is 0 Å². The van der Waals surface area contributed by atoms with Gasteiger partial charge in [0.15, 0.2) is 0 Å². The summed E-state index contributed by atoms with van der Waals surface area (Å²) in [6.07, 6.45) is 0. The first-order valence-electron chi connectivity index (χ1n) is 2.35. The van der Waals surface area contributed by atoms with Gasteiger partial charge in [-0.2, -0.15) is 0 Å². The van der Waals surface area contributed by atoms with Crippen LogP contribution in [0.15, 0.2) is 0 Å². The van der Waals surface area contributed by atoms with Crippen molar-refractivity contribution in [3.05, 3.63) is 0 Å². The Kier molecular flexibility index (Phi) is 1.91. The van der Waals surface area contributed by atoms with Crippen molar-refractivity contribution in [3.8, 4) is 0 Å². The quantitative estimate of drug-likeness (QED) is 0.434. The van der Waals surface area contributed by atoms with Gasteiger partial charge >= 0.3 is 0 Å².